The van der Waals surface area contributed by atoms with E-state index in [1.54, 1.807) is 30.3 Å². The molecule has 7 rings (SSSR count). The van der Waals surface area contributed by atoms with Crippen molar-refractivity contribution in [3.8, 4) is 5.69 Å². The lowest BCUT2D eigenvalue weighted by Crippen LogP contribution is -2.46. The summed E-state index contributed by atoms with van der Waals surface area (Å²) in [4.78, 5) is 24.7. The quantitative estimate of drug-likeness (QED) is 0.209. The van der Waals surface area contributed by atoms with Crippen molar-refractivity contribution in [3.63, 3.8) is 0 Å². The van der Waals surface area contributed by atoms with Crippen molar-refractivity contribution in [2.24, 2.45) is 9.98 Å². The Labute approximate surface area is 257 Å². The summed E-state index contributed by atoms with van der Waals surface area (Å²) in [6, 6.07) is 30.2. The molecule has 0 saturated heterocycles. The number of carbonyl (C=O) groups excluding carboxylic acids is 1. The Balaban J connectivity index is 1.47. The molecule has 212 valence electrons. The molecule has 3 heterocycles. The Morgan fingerprint density at radius 3 is 2.30 bits per heavy atom. The number of nitrogens with zero attached hydrogens (tertiary/aromatic N) is 5. The van der Waals surface area contributed by atoms with Crippen molar-refractivity contribution in [2.75, 3.05) is 17.3 Å². The van der Waals surface area contributed by atoms with Crippen LogP contribution in [-0.4, -0.2) is 34.5 Å². The smallest absolute Gasteiger partial charge is 0.337 e. The van der Waals surface area contributed by atoms with Crippen LogP contribution in [0.5, 0.6) is 0 Å². The summed E-state index contributed by atoms with van der Waals surface area (Å²) < 4.78 is 6.80. The second kappa shape index (κ2) is 10.7. The van der Waals surface area contributed by atoms with Gasteiger partial charge in [-0.05, 0) is 67.1 Å². The van der Waals surface area contributed by atoms with Crippen molar-refractivity contribution in [2.45, 2.75) is 13.0 Å². The Morgan fingerprint density at radius 1 is 0.884 bits per heavy atom. The number of aliphatic imine (C=N–C) groups is 2. The first kappa shape index (κ1) is 26.9. The highest BCUT2D eigenvalue weighted by molar-refractivity contribution is 6.52. The minimum absolute atomic E-state index is 0.344. The molecule has 5 aromatic rings. The summed E-state index contributed by atoms with van der Waals surface area (Å²) in [5, 5.41) is 9.37. The molecular formula is C33H24Cl2N6O2. The molecule has 0 aliphatic carbocycles. The minimum Gasteiger partial charge on any atom is -0.465 e. The Morgan fingerprint density at radius 2 is 1.58 bits per heavy atom. The average molecular weight is 608 g/mol. The number of rotatable bonds is 4. The monoisotopic (exact) mass is 606 g/mol. The molecule has 0 fully saturated rings. The molecule has 4 aromatic carbocycles. The lowest BCUT2D eigenvalue weighted by molar-refractivity contribution is 0.0600. The van der Waals surface area contributed by atoms with Crippen LogP contribution in [0.25, 0.3) is 5.69 Å². The summed E-state index contributed by atoms with van der Waals surface area (Å²) in [7, 11) is 1.37. The van der Waals surface area contributed by atoms with Gasteiger partial charge in [0.05, 0.1) is 41.5 Å². The van der Waals surface area contributed by atoms with Gasteiger partial charge in [-0.25, -0.2) is 19.5 Å². The number of benzene rings is 4. The third-order valence-corrected chi connectivity index (χ3v) is 7.85. The van der Waals surface area contributed by atoms with E-state index in [2.05, 4.69) is 10.2 Å². The number of para-hydroxylation sites is 3. The number of amidine groups is 2. The maximum Gasteiger partial charge on any atom is 0.337 e. The largest absolute Gasteiger partial charge is 0.465 e. The number of methoxy groups -OCH3 is 1. The number of hydrogen-bond acceptors (Lipinski definition) is 7. The predicted molar refractivity (Wildman–Crippen MR) is 171 cm³/mol. The normalized spacial score (nSPS) is 15.1. The predicted octanol–water partition coefficient (Wildman–Crippen LogP) is 8.07. The van der Waals surface area contributed by atoms with Crippen LogP contribution in [0.4, 0.5) is 22.9 Å². The van der Waals surface area contributed by atoms with Crippen molar-refractivity contribution < 1.29 is 9.53 Å². The highest BCUT2D eigenvalue weighted by Gasteiger charge is 2.41. The van der Waals surface area contributed by atoms with Crippen LogP contribution in [-0.2, 0) is 4.74 Å². The van der Waals surface area contributed by atoms with Crippen molar-refractivity contribution in [1.29, 1.82) is 0 Å². The van der Waals surface area contributed by atoms with Gasteiger partial charge >= 0.3 is 5.97 Å². The number of aromatic nitrogens is 2. The Hall–Kier alpha value is -4.92. The molecular weight excluding hydrogens is 583 g/mol. The van der Waals surface area contributed by atoms with Gasteiger partial charge in [0, 0.05) is 21.3 Å². The zero-order valence-corrected chi connectivity index (χ0v) is 24.6. The second-order valence-corrected chi connectivity index (χ2v) is 11.0. The van der Waals surface area contributed by atoms with Crippen molar-refractivity contribution in [3.05, 3.63) is 129 Å². The van der Waals surface area contributed by atoms with E-state index in [-0.39, 0.29) is 6.04 Å². The van der Waals surface area contributed by atoms with Gasteiger partial charge in [-0.15, -0.1) is 0 Å². The summed E-state index contributed by atoms with van der Waals surface area (Å²) in [6.45, 7) is 1.99. The Kier molecular flexibility index (Phi) is 6.72. The zero-order chi connectivity index (χ0) is 29.7. The zero-order valence-electron chi connectivity index (χ0n) is 23.1. The van der Waals surface area contributed by atoms with Gasteiger partial charge in [-0.2, -0.15) is 5.10 Å². The van der Waals surface area contributed by atoms with Gasteiger partial charge in [0.15, 0.2) is 17.5 Å². The molecule has 0 spiro atoms. The van der Waals surface area contributed by atoms with Crippen LogP contribution in [0.15, 0.2) is 107 Å². The van der Waals surface area contributed by atoms with E-state index in [0.29, 0.717) is 38.8 Å². The molecule has 0 radical (unpaired) electrons. The van der Waals surface area contributed by atoms with Crippen molar-refractivity contribution in [1.82, 2.24) is 9.78 Å². The number of halogens is 2. The lowest BCUT2D eigenvalue weighted by atomic mass is 9.92. The molecule has 0 amide bonds. The Bertz CT molecular complexity index is 1930. The molecule has 1 N–H and O–H groups in total. The number of ether oxygens (including phenoxy) is 1. The van der Waals surface area contributed by atoms with E-state index >= 15 is 0 Å². The summed E-state index contributed by atoms with van der Waals surface area (Å²) in [6.07, 6.45) is 0. The molecule has 2 aliphatic rings. The van der Waals surface area contributed by atoms with Gasteiger partial charge in [0.1, 0.15) is 0 Å². The number of nitrogens with one attached hydrogen (secondary N) is 1. The maximum atomic E-state index is 12.3. The number of hydrogen-bond donors (Lipinski definition) is 1. The SMILES string of the molecule is COC(=O)c1ccc([C@H]2c3c(C)nn(-c4ccccc4)c3N=C3C(Nc4cc(Cl)cc(Cl)c4)=Nc4ccccc4N32)cc1. The molecule has 2 aliphatic heterocycles. The molecule has 0 unspecified atom stereocenters. The van der Waals surface area contributed by atoms with E-state index < -0.39 is 5.97 Å². The highest BCUT2D eigenvalue weighted by atomic mass is 35.5. The highest BCUT2D eigenvalue weighted by Crippen LogP contribution is 2.48. The minimum atomic E-state index is -0.395. The maximum absolute atomic E-state index is 12.3. The van der Waals surface area contributed by atoms with Gasteiger partial charge in [-0.3, -0.25) is 0 Å². The number of anilines is 2. The third-order valence-electron chi connectivity index (χ3n) is 7.41. The van der Waals surface area contributed by atoms with Crippen LogP contribution >= 0.6 is 23.2 Å². The van der Waals surface area contributed by atoms with Crippen molar-refractivity contribution >= 4 is 63.7 Å². The fraction of sp³-hybridized carbons (Fsp3) is 0.0909. The summed E-state index contributed by atoms with van der Waals surface area (Å²) >= 11 is 12.7. The fourth-order valence-corrected chi connectivity index (χ4v) is 6.07. The fourth-order valence-electron chi connectivity index (χ4n) is 5.54. The molecule has 43 heavy (non-hydrogen) atoms. The molecule has 10 heteroatoms. The van der Waals surface area contributed by atoms with Gasteiger partial charge in [-0.1, -0.05) is 65.7 Å². The van der Waals surface area contributed by atoms with E-state index in [1.807, 2.05) is 78.3 Å². The van der Waals surface area contributed by atoms with Crippen LogP contribution < -0.4 is 10.2 Å². The van der Waals surface area contributed by atoms with Gasteiger partial charge in [0.25, 0.3) is 0 Å². The summed E-state index contributed by atoms with van der Waals surface area (Å²) in [5.41, 5.74) is 6.40. The molecule has 0 saturated carbocycles. The van der Waals surface area contributed by atoms with E-state index in [0.717, 1.165) is 33.9 Å². The lowest BCUT2D eigenvalue weighted by Gasteiger charge is -2.40. The summed E-state index contributed by atoms with van der Waals surface area (Å²) in [5.74, 6) is 1.42. The number of esters is 1. The molecule has 1 aromatic heterocycles. The third kappa shape index (κ3) is 4.74. The first-order valence-corrected chi connectivity index (χ1v) is 14.3. The van der Waals surface area contributed by atoms with E-state index in [1.165, 1.54) is 7.11 Å². The van der Waals surface area contributed by atoms with E-state index in [9.17, 15) is 4.79 Å². The second-order valence-electron chi connectivity index (χ2n) is 10.1. The average Bonchev–Trinajstić information content (AvgIpc) is 3.35. The van der Waals surface area contributed by atoms with Gasteiger partial charge in [0.2, 0.25) is 0 Å². The molecule has 0 bridgehead atoms. The van der Waals surface area contributed by atoms with Crippen LogP contribution in [0.3, 0.4) is 0 Å². The number of fused-ring (bicyclic) bond motifs is 4. The molecule has 1 atom stereocenters. The number of carbonyl (C=O) groups is 1. The van der Waals surface area contributed by atoms with Crippen LogP contribution in [0.1, 0.15) is 33.2 Å². The van der Waals surface area contributed by atoms with E-state index in [4.69, 9.17) is 43.0 Å². The molecule has 8 nitrogen and oxygen atoms in total. The topological polar surface area (TPSA) is 84.1 Å². The number of aryl methyl sites for hydroxylation is 1. The van der Waals surface area contributed by atoms with Crippen LogP contribution in [0, 0.1) is 6.92 Å². The standard InChI is InChI=1S/C33H24Cl2N6O2/c1-19-28-29(20-12-14-21(15-13-20)33(42)43-2)40-27-11-7-6-10-26(27)37-30(36-24-17-22(34)16-23(35)18-24)32(40)38-31(28)41(39-19)25-8-4-3-5-9-25/h3-18,29H,1-2H3,(H,36,37)/t29-/m0/s1. The first-order valence-electron chi connectivity index (χ1n) is 13.5. The van der Waals surface area contributed by atoms with Gasteiger partial charge < -0.3 is 15.0 Å². The first-order chi connectivity index (χ1) is 20.9. The van der Waals surface area contributed by atoms with Crippen LogP contribution in [0.2, 0.25) is 10.0 Å².